The molecule has 3 N–H and O–H groups in total. The number of benzene rings is 1. The Morgan fingerprint density at radius 1 is 1.00 bits per heavy atom. The van der Waals surface area contributed by atoms with Crippen molar-refractivity contribution in [1.29, 1.82) is 0 Å². The average molecular weight is 711 g/mol. The van der Waals surface area contributed by atoms with Crippen molar-refractivity contribution in [1.82, 2.24) is 30.7 Å². The quantitative estimate of drug-likeness (QED) is 0.188. The molecule has 1 fully saturated rings. The fourth-order valence-electron chi connectivity index (χ4n) is 7.06. The minimum Gasteiger partial charge on any atom is -0.379 e. The summed E-state index contributed by atoms with van der Waals surface area (Å²) in [6, 6.07) is 2.34. The molecule has 14 heteroatoms. The lowest BCUT2D eigenvalue weighted by atomic mass is 9.93. The van der Waals surface area contributed by atoms with Crippen LogP contribution in [0, 0.1) is 23.5 Å². The van der Waals surface area contributed by atoms with Crippen LogP contribution in [0.25, 0.3) is 0 Å². The van der Waals surface area contributed by atoms with Gasteiger partial charge in [-0.15, -0.1) is 0 Å². The van der Waals surface area contributed by atoms with E-state index in [1.165, 1.54) is 32.4 Å². The van der Waals surface area contributed by atoms with Crippen molar-refractivity contribution in [2.24, 2.45) is 11.8 Å². The van der Waals surface area contributed by atoms with Crippen LogP contribution in [0.2, 0.25) is 0 Å². The monoisotopic (exact) mass is 710 g/mol. The van der Waals surface area contributed by atoms with Crippen LogP contribution in [0.15, 0.2) is 18.2 Å². The predicted octanol–water partition coefficient (Wildman–Crippen LogP) is 2.20. The zero-order chi connectivity index (χ0) is 37.7. The van der Waals surface area contributed by atoms with Gasteiger partial charge in [-0.05, 0) is 58.5 Å². The van der Waals surface area contributed by atoms with Gasteiger partial charge in [0.2, 0.25) is 23.6 Å². The van der Waals surface area contributed by atoms with Crippen molar-refractivity contribution >= 4 is 23.6 Å². The first-order valence-electron chi connectivity index (χ1n) is 17.6. The number of likely N-dealkylation sites (tertiary alicyclic amines) is 1. The number of hydrogen-bond donors (Lipinski definition) is 3. The van der Waals surface area contributed by atoms with E-state index in [4.69, 9.17) is 9.47 Å². The van der Waals surface area contributed by atoms with E-state index in [0.29, 0.717) is 19.4 Å². The molecule has 7 atom stereocenters. The maximum Gasteiger partial charge on any atom is 0.242 e. The average Bonchev–Trinajstić information content (AvgIpc) is 3.50. The maximum atomic E-state index is 14.1. The first-order chi connectivity index (χ1) is 23.6. The third kappa shape index (κ3) is 11.4. The standard InChI is InChI=1S/C36H60F2N6O6/c1-11-13-28(43(8)32(46)20-41-36(48)33(22(2)3)42(6)7)30(49-9)19-31(45)44-21-24(39-5)18-29(44)34(50-10)23(4)35(47)40-17-16-25-26(37)14-12-15-27(25)38/h12,14-15,22-24,28-30,33-34,39H,11,13,16-21H2,1-10H3,(H,40,47)(H,41,48)/t23?,24?,28-,29?,30?,33?,34?/m0/s1. The summed E-state index contributed by atoms with van der Waals surface area (Å²) in [5.74, 6) is -3.05. The van der Waals surface area contributed by atoms with Gasteiger partial charge in [0, 0.05) is 46.0 Å². The van der Waals surface area contributed by atoms with Crippen LogP contribution in [0.3, 0.4) is 0 Å². The SMILES string of the molecule is CCC[C@@H](C(CC(=O)N1CC(NC)CC1C(OC)C(C)C(=O)NCCc1c(F)cccc1F)OC)N(C)C(=O)CNC(=O)C(C(C)C)N(C)C. The Hall–Kier alpha value is -3.20. The number of nitrogens with one attached hydrogen (secondary N) is 3. The summed E-state index contributed by atoms with van der Waals surface area (Å²) in [6.45, 7) is 7.83. The van der Waals surface area contributed by atoms with Crippen LogP contribution in [0.5, 0.6) is 0 Å². The lowest BCUT2D eigenvalue weighted by Gasteiger charge is -2.37. The molecule has 6 unspecified atom stereocenters. The molecule has 4 amide bonds. The molecule has 1 saturated heterocycles. The van der Waals surface area contributed by atoms with Crippen LogP contribution in [-0.2, 0) is 35.1 Å². The van der Waals surface area contributed by atoms with Gasteiger partial charge in [-0.25, -0.2) is 8.78 Å². The second-order valence-corrected chi connectivity index (χ2v) is 13.8. The Morgan fingerprint density at radius 3 is 2.16 bits per heavy atom. The molecule has 1 aromatic carbocycles. The highest BCUT2D eigenvalue weighted by atomic mass is 19.1. The number of carbonyl (C=O) groups excluding carboxylic acids is 4. The smallest absolute Gasteiger partial charge is 0.242 e. The van der Waals surface area contributed by atoms with E-state index in [1.807, 2.05) is 46.8 Å². The van der Waals surface area contributed by atoms with Gasteiger partial charge in [-0.1, -0.05) is 40.2 Å². The fraction of sp³-hybridized carbons (Fsp3) is 0.722. The van der Waals surface area contributed by atoms with E-state index in [2.05, 4.69) is 16.0 Å². The van der Waals surface area contributed by atoms with Crippen LogP contribution in [0.1, 0.15) is 58.9 Å². The number of carbonyl (C=O) groups is 4. The minimum absolute atomic E-state index is 0.0142. The van der Waals surface area contributed by atoms with E-state index >= 15 is 0 Å². The molecule has 0 radical (unpaired) electrons. The summed E-state index contributed by atoms with van der Waals surface area (Å²) in [4.78, 5) is 58.5. The van der Waals surface area contributed by atoms with E-state index in [1.54, 1.807) is 23.8 Å². The number of ether oxygens (including phenoxy) is 2. The van der Waals surface area contributed by atoms with Gasteiger partial charge in [-0.3, -0.25) is 24.1 Å². The molecule has 0 spiro atoms. The number of nitrogens with zero attached hydrogens (tertiary/aromatic N) is 3. The molecule has 1 aliphatic rings. The number of halogens is 2. The van der Waals surface area contributed by atoms with Crippen molar-refractivity contribution in [2.45, 2.75) is 96.2 Å². The highest BCUT2D eigenvalue weighted by Gasteiger charge is 2.44. The zero-order valence-corrected chi connectivity index (χ0v) is 31.6. The molecule has 1 aliphatic heterocycles. The molecule has 0 saturated carbocycles. The normalized spacial score (nSPS) is 19.2. The Balaban J connectivity index is 2.15. The largest absolute Gasteiger partial charge is 0.379 e. The molecule has 0 aromatic heterocycles. The molecule has 1 heterocycles. The van der Waals surface area contributed by atoms with Crippen molar-refractivity contribution in [3.05, 3.63) is 35.4 Å². The van der Waals surface area contributed by atoms with E-state index in [-0.39, 0.29) is 73.1 Å². The summed E-state index contributed by atoms with van der Waals surface area (Å²) in [7, 11) is 10.1. The minimum atomic E-state index is -0.686. The number of amides is 4. The third-order valence-electron chi connectivity index (χ3n) is 9.82. The number of rotatable bonds is 20. The number of likely N-dealkylation sites (N-methyl/N-ethyl adjacent to an activating group) is 3. The second-order valence-electron chi connectivity index (χ2n) is 13.8. The van der Waals surface area contributed by atoms with Gasteiger partial charge in [0.25, 0.3) is 0 Å². The molecule has 2 rings (SSSR count). The Bertz CT molecular complexity index is 1240. The van der Waals surface area contributed by atoms with E-state index < -0.39 is 41.8 Å². The molecule has 1 aromatic rings. The van der Waals surface area contributed by atoms with Crippen molar-refractivity contribution in [3.8, 4) is 0 Å². The zero-order valence-electron chi connectivity index (χ0n) is 31.6. The predicted molar refractivity (Wildman–Crippen MR) is 188 cm³/mol. The first-order valence-corrected chi connectivity index (χ1v) is 17.6. The number of methoxy groups -OCH3 is 2. The first kappa shape index (κ1) is 43.0. The highest BCUT2D eigenvalue weighted by molar-refractivity contribution is 5.87. The molecular formula is C36H60F2N6O6. The van der Waals surface area contributed by atoms with Gasteiger partial charge in [0.05, 0.1) is 49.2 Å². The van der Waals surface area contributed by atoms with Gasteiger partial charge in [0.15, 0.2) is 0 Å². The van der Waals surface area contributed by atoms with Gasteiger partial charge >= 0.3 is 0 Å². The van der Waals surface area contributed by atoms with Crippen LogP contribution < -0.4 is 16.0 Å². The molecule has 0 aliphatic carbocycles. The van der Waals surface area contributed by atoms with Gasteiger partial charge in [-0.2, -0.15) is 0 Å². The number of hydrogen-bond acceptors (Lipinski definition) is 8. The summed E-state index contributed by atoms with van der Waals surface area (Å²) < 4.78 is 39.9. The molecule has 50 heavy (non-hydrogen) atoms. The van der Waals surface area contributed by atoms with Crippen molar-refractivity contribution < 1.29 is 37.4 Å². The Kier molecular flexibility index (Phi) is 17.7. The highest BCUT2D eigenvalue weighted by Crippen LogP contribution is 2.29. The van der Waals surface area contributed by atoms with Gasteiger partial charge < -0.3 is 35.2 Å². The molecule has 0 bridgehead atoms. The summed E-state index contributed by atoms with van der Waals surface area (Å²) in [5, 5.41) is 8.77. The summed E-state index contributed by atoms with van der Waals surface area (Å²) in [6.07, 6.45) is 0.517. The lowest BCUT2D eigenvalue weighted by molar-refractivity contribution is -0.144. The maximum absolute atomic E-state index is 14.1. The lowest BCUT2D eigenvalue weighted by Crippen LogP contribution is -2.53. The van der Waals surface area contributed by atoms with Crippen LogP contribution >= 0.6 is 0 Å². The van der Waals surface area contributed by atoms with Crippen molar-refractivity contribution in [2.75, 3.05) is 62.0 Å². The second kappa shape index (κ2) is 20.6. The third-order valence-corrected chi connectivity index (χ3v) is 9.82. The molecule has 12 nitrogen and oxygen atoms in total. The van der Waals surface area contributed by atoms with Crippen LogP contribution in [-0.4, -0.2) is 137 Å². The fourth-order valence-corrected chi connectivity index (χ4v) is 7.06. The van der Waals surface area contributed by atoms with E-state index in [9.17, 15) is 28.0 Å². The molecular weight excluding hydrogens is 650 g/mol. The summed E-state index contributed by atoms with van der Waals surface area (Å²) >= 11 is 0. The van der Waals surface area contributed by atoms with Crippen molar-refractivity contribution in [3.63, 3.8) is 0 Å². The Labute approximate surface area is 297 Å². The van der Waals surface area contributed by atoms with Gasteiger partial charge in [0.1, 0.15) is 11.6 Å². The van der Waals surface area contributed by atoms with E-state index in [0.717, 1.165) is 6.42 Å². The molecule has 284 valence electrons. The summed E-state index contributed by atoms with van der Waals surface area (Å²) in [5.41, 5.74) is -0.0940. The van der Waals surface area contributed by atoms with Crippen LogP contribution in [0.4, 0.5) is 8.78 Å². The Morgan fingerprint density at radius 2 is 1.64 bits per heavy atom. The topological polar surface area (TPSA) is 133 Å².